The predicted octanol–water partition coefficient (Wildman–Crippen LogP) is 5.32. The minimum atomic E-state index is 0.212. The van der Waals surface area contributed by atoms with Crippen molar-refractivity contribution in [2.75, 3.05) is 6.54 Å². The van der Waals surface area contributed by atoms with Crippen LogP contribution in [0.4, 0.5) is 0 Å². The zero-order valence-corrected chi connectivity index (χ0v) is 13.9. The van der Waals surface area contributed by atoms with E-state index in [1.165, 1.54) is 22.3 Å². The highest BCUT2D eigenvalue weighted by molar-refractivity contribution is 5.64. The molecule has 21 heavy (non-hydrogen) atoms. The molecule has 0 aliphatic carbocycles. The summed E-state index contributed by atoms with van der Waals surface area (Å²) in [6.45, 7) is 12.1. The number of benzene rings is 2. The Labute approximate surface area is 129 Å². The highest BCUT2D eigenvalue weighted by Crippen LogP contribution is 2.26. The van der Waals surface area contributed by atoms with Gasteiger partial charge in [-0.05, 0) is 41.1 Å². The summed E-state index contributed by atoms with van der Waals surface area (Å²) in [7, 11) is 0. The Balaban J connectivity index is 2.19. The van der Waals surface area contributed by atoms with Crippen molar-refractivity contribution in [3.63, 3.8) is 0 Å². The minimum Gasteiger partial charge on any atom is -0.310 e. The molecule has 2 aromatic carbocycles. The van der Waals surface area contributed by atoms with E-state index in [0.717, 1.165) is 6.54 Å². The van der Waals surface area contributed by atoms with Gasteiger partial charge in [-0.3, -0.25) is 0 Å². The lowest BCUT2D eigenvalue weighted by Crippen LogP contribution is -2.17. The van der Waals surface area contributed by atoms with Crippen LogP contribution in [0.25, 0.3) is 11.1 Å². The molecule has 0 fully saturated rings. The monoisotopic (exact) mass is 281 g/mol. The first-order valence-electron chi connectivity index (χ1n) is 7.86. The molecule has 0 bridgehead atoms. The van der Waals surface area contributed by atoms with Crippen molar-refractivity contribution in [1.29, 1.82) is 0 Å². The maximum Gasteiger partial charge on any atom is 0.0291 e. The van der Waals surface area contributed by atoms with E-state index < -0.39 is 0 Å². The van der Waals surface area contributed by atoms with E-state index in [0.29, 0.717) is 6.04 Å². The Hall–Kier alpha value is -1.60. The molecule has 0 saturated carbocycles. The van der Waals surface area contributed by atoms with E-state index >= 15 is 0 Å². The first-order valence-corrected chi connectivity index (χ1v) is 7.86. The smallest absolute Gasteiger partial charge is 0.0291 e. The molecular formula is C20H27N. The van der Waals surface area contributed by atoms with Gasteiger partial charge in [-0.1, -0.05) is 76.2 Å². The van der Waals surface area contributed by atoms with Gasteiger partial charge in [-0.25, -0.2) is 0 Å². The average Bonchev–Trinajstić information content (AvgIpc) is 2.47. The van der Waals surface area contributed by atoms with Crippen molar-refractivity contribution in [2.24, 2.45) is 0 Å². The molecule has 0 aromatic heterocycles. The van der Waals surface area contributed by atoms with E-state index in [2.05, 4.69) is 88.5 Å². The van der Waals surface area contributed by atoms with E-state index in [1.54, 1.807) is 0 Å². The first kappa shape index (κ1) is 15.8. The van der Waals surface area contributed by atoms with Crippen molar-refractivity contribution in [3.8, 4) is 11.1 Å². The third-order valence-corrected chi connectivity index (χ3v) is 4.01. The quantitative estimate of drug-likeness (QED) is 0.799. The second-order valence-electron chi connectivity index (χ2n) is 6.73. The van der Waals surface area contributed by atoms with Gasteiger partial charge >= 0.3 is 0 Å². The van der Waals surface area contributed by atoms with Gasteiger partial charge in [0.25, 0.3) is 0 Å². The van der Waals surface area contributed by atoms with Gasteiger partial charge in [0.1, 0.15) is 0 Å². The van der Waals surface area contributed by atoms with Gasteiger partial charge < -0.3 is 5.32 Å². The van der Waals surface area contributed by atoms with E-state index in [4.69, 9.17) is 0 Å². The summed E-state index contributed by atoms with van der Waals surface area (Å²) in [6.07, 6.45) is 0. The third kappa shape index (κ3) is 3.95. The zero-order chi connectivity index (χ0) is 15.5. The lowest BCUT2D eigenvalue weighted by molar-refractivity contribution is 0.590. The van der Waals surface area contributed by atoms with Crippen LogP contribution in [0.1, 0.15) is 51.8 Å². The molecule has 1 nitrogen and oxygen atoms in total. The van der Waals surface area contributed by atoms with Crippen LogP contribution in [0.3, 0.4) is 0 Å². The second-order valence-corrected chi connectivity index (χ2v) is 6.73. The molecule has 1 N–H and O–H groups in total. The lowest BCUT2D eigenvalue weighted by Gasteiger charge is -2.19. The van der Waals surface area contributed by atoms with Crippen LogP contribution < -0.4 is 5.32 Å². The lowest BCUT2D eigenvalue weighted by atomic mass is 9.86. The van der Waals surface area contributed by atoms with Crippen molar-refractivity contribution >= 4 is 0 Å². The van der Waals surface area contributed by atoms with Gasteiger partial charge in [0.15, 0.2) is 0 Å². The van der Waals surface area contributed by atoms with Crippen molar-refractivity contribution < 1.29 is 0 Å². The molecule has 2 aromatic rings. The van der Waals surface area contributed by atoms with E-state index in [9.17, 15) is 0 Å². The molecule has 2 rings (SSSR count). The molecule has 0 aliphatic rings. The molecule has 0 radical (unpaired) electrons. The van der Waals surface area contributed by atoms with Gasteiger partial charge in [0, 0.05) is 6.04 Å². The Morgan fingerprint density at radius 1 is 0.857 bits per heavy atom. The molecule has 0 heterocycles. The molecule has 0 aliphatic heterocycles. The average molecular weight is 281 g/mol. The Morgan fingerprint density at radius 3 is 1.76 bits per heavy atom. The molecule has 1 unspecified atom stereocenters. The molecule has 0 amide bonds. The molecule has 0 saturated heterocycles. The predicted molar refractivity (Wildman–Crippen MR) is 92.7 cm³/mol. The summed E-state index contributed by atoms with van der Waals surface area (Å²) in [4.78, 5) is 0. The fraction of sp³-hybridized carbons (Fsp3) is 0.400. The fourth-order valence-corrected chi connectivity index (χ4v) is 2.55. The summed E-state index contributed by atoms with van der Waals surface area (Å²) in [5, 5.41) is 3.45. The SMILES string of the molecule is CCNC(C)c1ccc(-c2ccc(C(C)(C)C)cc2)cc1. The Bertz CT molecular complexity index is 558. The number of hydrogen-bond donors (Lipinski definition) is 1. The molecule has 1 heteroatoms. The summed E-state index contributed by atoms with van der Waals surface area (Å²) in [6, 6.07) is 18.2. The Kier molecular flexibility index (Phi) is 4.84. The number of nitrogens with one attached hydrogen (secondary N) is 1. The van der Waals surface area contributed by atoms with Crippen LogP contribution in [-0.4, -0.2) is 6.54 Å². The van der Waals surface area contributed by atoms with Crippen LogP contribution >= 0.6 is 0 Å². The summed E-state index contributed by atoms with van der Waals surface area (Å²) in [5.41, 5.74) is 5.49. The molecular weight excluding hydrogens is 254 g/mol. The summed E-state index contributed by atoms with van der Waals surface area (Å²) < 4.78 is 0. The van der Waals surface area contributed by atoms with Gasteiger partial charge in [0.2, 0.25) is 0 Å². The normalized spacial score (nSPS) is 13.2. The maximum absolute atomic E-state index is 3.45. The third-order valence-electron chi connectivity index (χ3n) is 4.01. The van der Waals surface area contributed by atoms with Crippen LogP contribution in [0.2, 0.25) is 0 Å². The highest BCUT2D eigenvalue weighted by Gasteiger charge is 2.13. The van der Waals surface area contributed by atoms with Crippen molar-refractivity contribution in [3.05, 3.63) is 59.7 Å². The molecule has 1 atom stereocenters. The topological polar surface area (TPSA) is 12.0 Å². The summed E-state index contributed by atoms with van der Waals surface area (Å²) >= 11 is 0. The van der Waals surface area contributed by atoms with Crippen LogP contribution in [0.15, 0.2) is 48.5 Å². The van der Waals surface area contributed by atoms with E-state index in [1.807, 2.05) is 0 Å². The van der Waals surface area contributed by atoms with Crippen LogP contribution in [-0.2, 0) is 5.41 Å². The largest absolute Gasteiger partial charge is 0.310 e. The maximum atomic E-state index is 3.45. The minimum absolute atomic E-state index is 0.212. The van der Waals surface area contributed by atoms with Gasteiger partial charge in [0.05, 0.1) is 0 Å². The van der Waals surface area contributed by atoms with Crippen molar-refractivity contribution in [1.82, 2.24) is 5.32 Å². The van der Waals surface area contributed by atoms with Crippen LogP contribution in [0, 0.1) is 0 Å². The first-order chi connectivity index (χ1) is 9.91. The Morgan fingerprint density at radius 2 is 1.33 bits per heavy atom. The molecule has 112 valence electrons. The second kappa shape index (κ2) is 6.44. The zero-order valence-electron chi connectivity index (χ0n) is 13.9. The number of rotatable bonds is 4. The number of hydrogen-bond acceptors (Lipinski definition) is 1. The fourth-order valence-electron chi connectivity index (χ4n) is 2.55. The van der Waals surface area contributed by atoms with E-state index in [-0.39, 0.29) is 5.41 Å². The van der Waals surface area contributed by atoms with Gasteiger partial charge in [-0.2, -0.15) is 0 Å². The van der Waals surface area contributed by atoms with Crippen molar-refractivity contribution in [2.45, 2.75) is 46.1 Å². The molecule has 0 spiro atoms. The van der Waals surface area contributed by atoms with Gasteiger partial charge in [-0.15, -0.1) is 0 Å². The highest BCUT2D eigenvalue weighted by atomic mass is 14.9. The van der Waals surface area contributed by atoms with Crippen LogP contribution in [0.5, 0.6) is 0 Å². The summed E-state index contributed by atoms with van der Waals surface area (Å²) in [5.74, 6) is 0. The standard InChI is InChI=1S/C20H27N/c1-6-21-15(2)16-7-9-17(10-8-16)18-11-13-19(14-12-18)20(3,4)5/h7-15,21H,6H2,1-5H3.